The maximum Gasteiger partial charge on any atom is 0.255 e. The summed E-state index contributed by atoms with van der Waals surface area (Å²) in [4.78, 5) is 32.7. The molecule has 1 aliphatic heterocycles. The van der Waals surface area contributed by atoms with Gasteiger partial charge in [0.05, 0.1) is 11.9 Å². The first-order valence-corrected chi connectivity index (χ1v) is 9.31. The third-order valence-electron chi connectivity index (χ3n) is 4.26. The van der Waals surface area contributed by atoms with E-state index in [1.165, 1.54) is 36.7 Å². The number of pyridine rings is 1. The third kappa shape index (κ3) is 5.02. The van der Waals surface area contributed by atoms with Crippen LogP contribution in [-0.2, 0) is 9.59 Å². The summed E-state index contributed by atoms with van der Waals surface area (Å²) in [6.45, 7) is 3.50. The maximum absolute atomic E-state index is 14.1. The Kier molecular flexibility index (Phi) is 6.46. The summed E-state index contributed by atoms with van der Waals surface area (Å²) < 4.78 is 27.6. The van der Waals surface area contributed by atoms with Crippen LogP contribution in [0, 0.1) is 17.6 Å². The van der Waals surface area contributed by atoms with Gasteiger partial charge in [-0.25, -0.2) is 13.8 Å². The molecule has 0 fully saturated rings. The normalized spacial score (nSPS) is 13.4. The lowest BCUT2D eigenvalue weighted by Gasteiger charge is -2.10. The SMILES string of the molecule is CC(C)C(=O)NC1=CC(C(=O)Nc2cncc(-c3cccc(F)c3F)c2)=CCC=N1. The molecule has 3 rings (SSSR count). The largest absolute Gasteiger partial charge is 0.321 e. The summed E-state index contributed by atoms with van der Waals surface area (Å²) in [5, 5.41) is 5.34. The van der Waals surface area contributed by atoms with Crippen molar-refractivity contribution in [3.63, 3.8) is 0 Å². The van der Waals surface area contributed by atoms with Gasteiger partial charge < -0.3 is 10.6 Å². The van der Waals surface area contributed by atoms with E-state index in [0.29, 0.717) is 23.2 Å². The lowest BCUT2D eigenvalue weighted by Crippen LogP contribution is -2.26. The van der Waals surface area contributed by atoms with Crippen molar-refractivity contribution in [3.8, 4) is 11.1 Å². The van der Waals surface area contributed by atoms with Crippen molar-refractivity contribution in [1.29, 1.82) is 0 Å². The minimum atomic E-state index is -0.986. The van der Waals surface area contributed by atoms with E-state index >= 15 is 0 Å². The number of amides is 2. The molecule has 0 saturated carbocycles. The molecule has 2 aromatic rings. The van der Waals surface area contributed by atoms with Gasteiger partial charge in [-0.2, -0.15) is 0 Å². The molecular formula is C22H20F2N4O2. The second-order valence-electron chi connectivity index (χ2n) is 6.90. The number of carbonyl (C=O) groups is 2. The van der Waals surface area contributed by atoms with E-state index in [1.54, 1.807) is 26.1 Å². The second-order valence-corrected chi connectivity index (χ2v) is 6.90. The van der Waals surface area contributed by atoms with E-state index in [1.807, 2.05) is 0 Å². The number of allylic oxidation sites excluding steroid dienone is 1. The van der Waals surface area contributed by atoms with Gasteiger partial charge in [0.25, 0.3) is 5.91 Å². The molecule has 1 aromatic carbocycles. The topological polar surface area (TPSA) is 83.5 Å². The average Bonchev–Trinajstić information content (AvgIpc) is 2.96. The van der Waals surface area contributed by atoms with Crippen LogP contribution in [0.25, 0.3) is 11.1 Å². The smallest absolute Gasteiger partial charge is 0.255 e. The first kappa shape index (κ1) is 21.0. The fourth-order valence-electron chi connectivity index (χ4n) is 2.66. The molecular weight excluding hydrogens is 390 g/mol. The molecule has 0 aliphatic carbocycles. The Morgan fingerprint density at radius 1 is 1.13 bits per heavy atom. The number of carbonyl (C=O) groups excluding carboxylic acids is 2. The Balaban J connectivity index is 1.79. The minimum absolute atomic E-state index is 0.0410. The number of benzene rings is 1. The average molecular weight is 410 g/mol. The monoisotopic (exact) mass is 410 g/mol. The van der Waals surface area contributed by atoms with Crippen LogP contribution in [0.2, 0.25) is 0 Å². The van der Waals surface area contributed by atoms with E-state index in [-0.39, 0.29) is 23.2 Å². The minimum Gasteiger partial charge on any atom is -0.321 e. The first-order valence-electron chi connectivity index (χ1n) is 9.31. The lowest BCUT2D eigenvalue weighted by atomic mass is 10.1. The summed E-state index contributed by atoms with van der Waals surface area (Å²) in [5.41, 5.74) is 0.977. The fourth-order valence-corrected chi connectivity index (χ4v) is 2.66. The van der Waals surface area contributed by atoms with Crippen molar-refractivity contribution < 1.29 is 18.4 Å². The van der Waals surface area contributed by atoms with Gasteiger partial charge in [-0.05, 0) is 18.2 Å². The summed E-state index contributed by atoms with van der Waals surface area (Å²) in [6, 6.07) is 5.36. The van der Waals surface area contributed by atoms with Gasteiger partial charge in [0.1, 0.15) is 5.82 Å². The Morgan fingerprint density at radius 2 is 1.93 bits per heavy atom. The predicted molar refractivity (Wildman–Crippen MR) is 110 cm³/mol. The summed E-state index contributed by atoms with van der Waals surface area (Å²) in [5.74, 6) is -2.58. The molecule has 6 nitrogen and oxygen atoms in total. The molecule has 0 radical (unpaired) electrons. The van der Waals surface area contributed by atoms with Crippen molar-refractivity contribution in [2.75, 3.05) is 5.32 Å². The van der Waals surface area contributed by atoms with Gasteiger partial charge in [-0.1, -0.05) is 32.1 Å². The Labute approximate surface area is 172 Å². The Hall–Kier alpha value is -3.68. The van der Waals surface area contributed by atoms with Crippen LogP contribution in [0.15, 0.2) is 65.2 Å². The number of rotatable bonds is 5. The zero-order valence-corrected chi connectivity index (χ0v) is 16.4. The van der Waals surface area contributed by atoms with Gasteiger partial charge in [0.2, 0.25) is 5.91 Å². The Morgan fingerprint density at radius 3 is 2.70 bits per heavy atom. The van der Waals surface area contributed by atoms with Crippen molar-refractivity contribution in [2.45, 2.75) is 20.3 Å². The van der Waals surface area contributed by atoms with E-state index in [0.717, 1.165) is 6.07 Å². The van der Waals surface area contributed by atoms with Crippen LogP contribution >= 0.6 is 0 Å². The molecule has 2 amide bonds. The van der Waals surface area contributed by atoms with Crippen LogP contribution in [0.5, 0.6) is 0 Å². The number of anilines is 1. The van der Waals surface area contributed by atoms with Gasteiger partial charge in [0, 0.05) is 41.5 Å². The molecule has 1 aliphatic rings. The van der Waals surface area contributed by atoms with Crippen LogP contribution in [0.3, 0.4) is 0 Å². The van der Waals surface area contributed by atoms with E-state index in [4.69, 9.17) is 0 Å². The highest BCUT2D eigenvalue weighted by Crippen LogP contribution is 2.26. The van der Waals surface area contributed by atoms with Gasteiger partial charge >= 0.3 is 0 Å². The molecule has 0 saturated heterocycles. The quantitative estimate of drug-likeness (QED) is 0.782. The van der Waals surface area contributed by atoms with Crippen LogP contribution in [0.1, 0.15) is 20.3 Å². The summed E-state index contributed by atoms with van der Waals surface area (Å²) >= 11 is 0. The van der Waals surface area contributed by atoms with Crippen molar-refractivity contribution in [1.82, 2.24) is 10.3 Å². The molecule has 8 heteroatoms. The van der Waals surface area contributed by atoms with Crippen LogP contribution in [0.4, 0.5) is 14.5 Å². The molecule has 0 bridgehead atoms. The molecule has 2 heterocycles. The first-order chi connectivity index (χ1) is 14.3. The van der Waals surface area contributed by atoms with Crippen molar-refractivity contribution >= 4 is 23.7 Å². The molecule has 0 atom stereocenters. The van der Waals surface area contributed by atoms with E-state index in [9.17, 15) is 18.4 Å². The number of aliphatic imine (C=N–C) groups is 1. The van der Waals surface area contributed by atoms with Crippen LogP contribution in [-0.4, -0.2) is 23.0 Å². The molecule has 154 valence electrons. The highest BCUT2D eigenvalue weighted by molar-refractivity contribution is 6.06. The standard InChI is InChI=1S/C22H20F2N4O2/c1-13(2)21(29)28-19-10-14(5-4-8-26-19)22(30)27-16-9-15(11-25-12-16)17-6-3-7-18(23)20(17)24/h3,5-13H,4H2,1-2H3,(H,27,30)(H,28,29). The molecule has 30 heavy (non-hydrogen) atoms. The van der Waals surface area contributed by atoms with E-state index < -0.39 is 17.5 Å². The molecule has 0 spiro atoms. The highest BCUT2D eigenvalue weighted by atomic mass is 19.2. The van der Waals surface area contributed by atoms with Gasteiger partial charge in [-0.3, -0.25) is 14.6 Å². The van der Waals surface area contributed by atoms with Crippen LogP contribution < -0.4 is 10.6 Å². The number of aromatic nitrogens is 1. The number of nitrogens with one attached hydrogen (secondary N) is 2. The summed E-state index contributed by atoms with van der Waals surface area (Å²) in [7, 11) is 0. The number of halogens is 2. The highest BCUT2D eigenvalue weighted by Gasteiger charge is 2.15. The predicted octanol–water partition coefficient (Wildman–Crippen LogP) is 3.98. The number of hydrogen-bond acceptors (Lipinski definition) is 4. The summed E-state index contributed by atoms with van der Waals surface area (Å²) in [6.07, 6.45) is 7.91. The third-order valence-corrected chi connectivity index (χ3v) is 4.26. The zero-order valence-electron chi connectivity index (χ0n) is 16.4. The second kappa shape index (κ2) is 9.21. The zero-order chi connectivity index (χ0) is 21.7. The lowest BCUT2D eigenvalue weighted by molar-refractivity contribution is -0.123. The Bertz CT molecular complexity index is 1070. The maximum atomic E-state index is 14.1. The van der Waals surface area contributed by atoms with Crippen molar-refractivity contribution in [2.24, 2.45) is 10.9 Å². The molecule has 2 N–H and O–H groups in total. The van der Waals surface area contributed by atoms with Crippen molar-refractivity contribution in [3.05, 3.63) is 71.8 Å². The fraction of sp³-hybridized carbons (Fsp3) is 0.182. The number of nitrogens with zero attached hydrogens (tertiary/aromatic N) is 2. The molecule has 1 aromatic heterocycles. The number of hydrogen-bond donors (Lipinski definition) is 2. The van der Waals surface area contributed by atoms with Gasteiger partial charge in [-0.15, -0.1) is 0 Å². The molecule has 0 unspecified atom stereocenters. The van der Waals surface area contributed by atoms with Gasteiger partial charge in [0.15, 0.2) is 11.6 Å². The van der Waals surface area contributed by atoms with E-state index in [2.05, 4.69) is 20.6 Å².